The number of phenolic OH excluding ortho intramolecular Hbond substituents is 1. The number of aromatic hydroxyl groups is 1. The zero-order valence-corrected chi connectivity index (χ0v) is 12.4. The molecule has 0 bridgehead atoms. The van der Waals surface area contributed by atoms with Crippen LogP contribution in [0.4, 0.5) is 0 Å². The van der Waals surface area contributed by atoms with Crippen molar-refractivity contribution in [2.24, 2.45) is 0 Å². The molecule has 118 valence electrons. The van der Waals surface area contributed by atoms with E-state index in [1.54, 1.807) is 19.1 Å². The van der Waals surface area contributed by atoms with E-state index in [2.05, 4.69) is 0 Å². The van der Waals surface area contributed by atoms with Crippen molar-refractivity contribution in [3.63, 3.8) is 0 Å². The summed E-state index contributed by atoms with van der Waals surface area (Å²) in [5, 5.41) is 24.1. The lowest BCUT2D eigenvalue weighted by molar-refractivity contribution is -0.135. The highest BCUT2D eigenvalue weighted by atomic mass is 16.5. The Kier molecular flexibility index (Phi) is 11.1. The SMILES string of the molecule is CC(=O)O.CC(=O)O.CCC(=O)c1ccc(O)c(OC)c1. The summed E-state index contributed by atoms with van der Waals surface area (Å²) in [4.78, 5) is 29.3. The van der Waals surface area contributed by atoms with Gasteiger partial charge in [-0.15, -0.1) is 0 Å². The molecule has 0 spiro atoms. The maximum Gasteiger partial charge on any atom is 0.300 e. The largest absolute Gasteiger partial charge is 0.504 e. The van der Waals surface area contributed by atoms with Crippen molar-refractivity contribution >= 4 is 17.7 Å². The highest BCUT2D eigenvalue weighted by molar-refractivity contribution is 5.96. The molecule has 0 aliphatic heterocycles. The summed E-state index contributed by atoms with van der Waals surface area (Å²) in [5.74, 6) is -1.24. The summed E-state index contributed by atoms with van der Waals surface area (Å²) in [6.07, 6.45) is 0.452. The van der Waals surface area contributed by atoms with E-state index in [1.165, 1.54) is 13.2 Å². The first-order chi connectivity index (χ1) is 9.65. The smallest absolute Gasteiger partial charge is 0.300 e. The van der Waals surface area contributed by atoms with Crippen LogP contribution in [0.1, 0.15) is 37.6 Å². The minimum atomic E-state index is -0.833. The summed E-state index contributed by atoms with van der Waals surface area (Å²) in [6, 6.07) is 4.59. The van der Waals surface area contributed by atoms with Crippen molar-refractivity contribution < 1.29 is 34.4 Å². The predicted octanol–water partition coefficient (Wildman–Crippen LogP) is 2.18. The second-order valence-electron chi connectivity index (χ2n) is 3.70. The van der Waals surface area contributed by atoms with Gasteiger partial charge in [0.2, 0.25) is 0 Å². The van der Waals surface area contributed by atoms with E-state index >= 15 is 0 Å². The summed E-state index contributed by atoms with van der Waals surface area (Å²) >= 11 is 0. The fraction of sp³-hybridized carbons (Fsp3) is 0.357. The summed E-state index contributed by atoms with van der Waals surface area (Å²) in [5.41, 5.74) is 0.567. The molecule has 0 radical (unpaired) electrons. The van der Waals surface area contributed by atoms with Crippen LogP contribution in [0.5, 0.6) is 11.5 Å². The third-order valence-electron chi connectivity index (χ3n) is 1.82. The van der Waals surface area contributed by atoms with Gasteiger partial charge in [-0.1, -0.05) is 6.92 Å². The zero-order chi connectivity index (χ0) is 17.0. The third kappa shape index (κ3) is 12.2. The number of methoxy groups -OCH3 is 1. The third-order valence-corrected chi connectivity index (χ3v) is 1.82. The maximum atomic E-state index is 11.3. The van der Waals surface area contributed by atoms with Crippen LogP contribution < -0.4 is 4.74 Å². The van der Waals surface area contributed by atoms with E-state index in [0.717, 1.165) is 13.8 Å². The molecule has 0 saturated carbocycles. The van der Waals surface area contributed by atoms with Crippen LogP contribution in [-0.2, 0) is 9.59 Å². The quantitative estimate of drug-likeness (QED) is 0.731. The summed E-state index contributed by atoms with van der Waals surface area (Å²) in [6.45, 7) is 3.96. The number of benzene rings is 1. The Bertz CT molecular complexity index is 460. The van der Waals surface area contributed by atoms with Gasteiger partial charge >= 0.3 is 0 Å². The molecule has 1 rings (SSSR count). The number of ether oxygens (including phenoxy) is 1. The molecule has 0 aromatic heterocycles. The molecule has 0 atom stereocenters. The average molecular weight is 300 g/mol. The first-order valence-corrected chi connectivity index (χ1v) is 5.94. The van der Waals surface area contributed by atoms with Gasteiger partial charge in [0.1, 0.15) is 0 Å². The second kappa shape index (κ2) is 11.3. The fourth-order valence-electron chi connectivity index (χ4n) is 1.06. The van der Waals surface area contributed by atoms with E-state index in [9.17, 15) is 9.90 Å². The molecule has 1 aromatic carbocycles. The van der Waals surface area contributed by atoms with Gasteiger partial charge in [-0.25, -0.2) is 0 Å². The van der Waals surface area contributed by atoms with Gasteiger partial charge in [-0.3, -0.25) is 14.4 Å². The number of hydrogen-bond acceptors (Lipinski definition) is 5. The Morgan fingerprint density at radius 3 is 1.86 bits per heavy atom. The molecule has 0 aliphatic carbocycles. The van der Waals surface area contributed by atoms with Crippen molar-refractivity contribution in [1.29, 1.82) is 0 Å². The van der Waals surface area contributed by atoms with Gasteiger partial charge in [0.25, 0.3) is 11.9 Å². The first kappa shape index (κ1) is 20.7. The van der Waals surface area contributed by atoms with Gasteiger partial charge in [-0.05, 0) is 18.2 Å². The lowest BCUT2D eigenvalue weighted by Crippen LogP contribution is -1.96. The van der Waals surface area contributed by atoms with Gasteiger partial charge in [0, 0.05) is 25.8 Å². The number of carbonyl (C=O) groups is 3. The lowest BCUT2D eigenvalue weighted by Gasteiger charge is -2.04. The van der Waals surface area contributed by atoms with E-state index in [1.807, 2.05) is 0 Å². The standard InChI is InChI=1S/C10H12O3.2C2H4O2/c1-3-8(11)7-4-5-9(12)10(6-7)13-2;2*1-2(3)4/h4-6,12H,3H2,1-2H3;2*1H3,(H,3,4). The second-order valence-corrected chi connectivity index (χ2v) is 3.70. The van der Waals surface area contributed by atoms with Crippen molar-refractivity contribution in [2.45, 2.75) is 27.2 Å². The number of Topliss-reactive ketones (excluding diaryl/α,β-unsaturated/α-hetero) is 1. The van der Waals surface area contributed by atoms with Crippen molar-refractivity contribution in [3.8, 4) is 11.5 Å². The highest BCUT2D eigenvalue weighted by Crippen LogP contribution is 2.26. The van der Waals surface area contributed by atoms with Gasteiger partial charge < -0.3 is 20.1 Å². The van der Waals surface area contributed by atoms with Gasteiger partial charge in [0.05, 0.1) is 7.11 Å². The number of rotatable bonds is 3. The maximum absolute atomic E-state index is 11.3. The van der Waals surface area contributed by atoms with Crippen LogP contribution in [0.15, 0.2) is 18.2 Å². The van der Waals surface area contributed by atoms with Crippen LogP contribution in [0, 0.1) is 0 Å². The zero-order valence-electron chi connectivity index (χ0n) is 12.4. The molecule has 0 saturated heterocycles. The molecule has 0 heterocycles. The molecule has 7 nitrogen and oxygen atoms in total. The topological polar surface area (TPSA) is 121 Å². The van der Waals surface area contributed by atoms with Crippen LogP contribution in [0.25, 0.3) is 0 Å². The van der Waals surface area contributed by atoms with Crippen molar-refractivity contribution in [2.75, 3.05) is 7.11 Å². The first-order valence-electron chi connectivity index (χ1n) is 5.94. The van der Waals surface area contributed by atoms with Gasteiger partial charge in [0.15, 0.2) is 17.3 Å². The van der Waals surface area contributed by atoms with Crippen LogP contribution >= 0.6 is 0 Å². The molecular formula is C14H20O7. The van der Waals surface area contributed by atoms with Crippen molar-refractivity contribution in [3.05, 3.63) is 23.8 Å². The highest BCUT2D eigenvalue weighted by Gasteiger charge is 2.07. The van der Waals surface area contributed by atoms with E-state index < -0.39 is 11.9 Å². The molecule has 3 N–H and O–H groups in total. The Morgan fingerprint density at radius 2 is 1.52 bits per heavy atom. The number of carbonyl (C=O) groups excluding carboxylic acids is 1. The van der Waals surface area contributed by atoms with Crippen LogP contribution in [-0.4, -0.2) is 40.2 Å². The van der Waals surface area contributed by atoms with Crippen molar-refractivity contribution in [1.82, 2.24) is 0 Å². The number of hydrogen-bond donors (Lipinski definition) is 3. The molecule has 21 heavy (non-hydrogen) atoms. The molecule has 0 fully saturated rings. The normalized spacial score (nSPS) is 8.38. The number of carboxylic acid groups (broad SMARTS) is 2. The molecule has 0 unspecified atom stereocenters. The minimum absolute atomic E-state index is 0.0401. The lowest BCUT2D eigenvalue weighted by atomic mass is 10.1. The monoisotopic (exact) mass is 300 g/mol. The molecular weight excluding hydrogens is 280 g/mol. The summed E-state index contributed by atoms with van der Waals surface area (Å²) < 4.78 is 4.88. The van der Waals surface area contributed by atoms with E-state index in [4.69, 9.17) is 24.5 Å². The molecule has 0 aliphatic rings. The summed E-state index contributed by atoms with van der Waals surface area (Å²) in [7, 11) is 1.45. The Hall–Kier alpha value is -2.57. The average Bonchev–Trinajstić information content (AvgIpc) is 2.37. The fourth-order valence-corrected chi connectivity index (χ4v) is 1.06. The van der Waals surface area contributed by atoms with Gasteiger partial charge in [-0.2, -0.15) is 0 Å². The molecule has 7 heteroatoms. The minimum Gasteiger partial charge on any atom is -0.504 e. The molecule has 0 amide bonds. The number of carboxylic acids is 2. The van der Waals surface area contributed by atoms with Crippen LogP contribution in [0.3, 0.4) is 0 Å². The Balaban J connectivity index is 0. The number of aliphatic carboxylic acids is 2. The Morgan fingerprint density at radius 1 is 1.10 bits per heavy atom. The number of ketones is 1. The van der Waals surface area contributed by atoms with E-state index in [0.29, 0.717) is 17.7 Å². The predicted molar refractivity (Wildman–Crippen MR) is 75.9 cm³/mol. The Labute approximate surface area is 122 Å². The van der Waals surface area contributed by atoms with Crippen LogP contribution in [0.2, 0.25) is 0 Å². The number of phenols is 1. The molecule has 1 aromatic rings. The van der Waals surface area contributed by atoms with E-state index in [-0.39, 0.29) is 11.5 Å².